The number of aliphatic imine (C=N–C) groups is 1. The van der Waals surface area contributed by atoms with Crippen LogP contribution in [0, 0.1) is 0 Å². The molecule has 0 amide bonds. The predicted octanol–water partition coefficient (Wildman–Crippen LogP) is 5.45. The highest BCUT2D eigenvalue weighted by molar-refractivity contribution is 6.17. The third kappa shape index (κ3) is 1.80. The summed E-state index contributed by atoms with van der Waals surface area (Å²) in [5.41, 5.74) is 2.68. The Hall–Kier alpha value is -3.33. The van der Waals surface area contributed by atoms with Gasteiger partial charge in [0, 0.05) is 22.9 Å². The Morgan fingerprint density at radius 2 is 1.42 bits per heavy atom. The van der Waals surface area contributed by atoms with E-state index in [1.165, 1.54) is 16.3 Å². The molecule has 6 rings (SSSR count). The number of benzene rings is 4. The van der Waals surface area contributed by atoms with Gasteiger partial charge in [0.25, 0.3) is 0 Å². The Bertz CT molecular complexity index is 1200. The monoisotopic (exact) mass is 336 g/mol. The largest absolute Gasteiger partial charge is 0.460 e. The minimum absolute atomic E-state index is 0.609. The van der Waals surface area contributed by atoms with Crippen LogP contribution in [0.15, 0.2) is 77.8 Å². The average Bonchev–Trinajstić information content (AvgIpc) is 3.05. The normalized spacial score (nSPS) is 20.0. The summed E-state index contributed by atoms with van der Waals surface area (Å²) in [6.45, 7) is 0. The Morgan fingerprint density at radius 1 is 0.769 bits per heavy atom. The lowest BCUT2D eigenvalue weighted by Gasteiger charge is -2.32. The van der Waals surface area contributed by atoms with Gasteiger partial charge in [-0.3, -0.25) is 4.99 Å². The van der Waals surface area contributed by atoms with Crippen LogP contribution in [0.25, 0.3) is 21.5 Å². The van der Waals surface area contributed by atoms with E-state index >= 15 is 0 Å². The van der Waals surface area contributed by atoms with Crippen molar-refractivity contribution in [3.05, 3.63) is 78.4 Å². The number of nitrogens with one attached hydrogen (secondary N) is 1. The molecule has 0 fully saturated rings. The van der Waals surface area contributed by atoms with Crippen LogP contribution in [0.5, 0.6) is 5.75 Å². The first-order valence-corrected chi connectivity index (χ1v) is 8.87. The lowest BCUT2D eigenvalue weighted by atomic mass is 9.98. The lowest BCUT2D eigenvalue weighted by molar-refractivity contribution is 0.184. The molecule has 0 radical (unpaired) electrons. The van der Waals surface area contributed by atoms with Gasteiger partial charge in [0.05, 0.1) is 6.21 Å². The van der Waals surface area contributed by atoms with Crippen molar-refractivity contribution in [1.82, 2.24) is 0 Å². The van der Waals surface area contributed by atoms with Gasteiger partial charge >= 0.3 is 0 Å². The molecule has 1 unspecified atom stereocenters. The lowest BCUT2D eigenvalue weighted by Crippen LogP contribution is -2.45. The molecule has 0 aromatic heterocycles. The molecule has 1 N–H and O–H groups in total. The topological polar surface area (TPSA) is 33.6 Å². The van der Waals surface area contributed by atoms with Gasteiger partial charge in [0.2, 0.25) is 5.72 Å². The van der Waals surface area contributed by atoms with Gasteiger partial charge in [-0.25, -0.2) is 0 Å². The molecule has 1 spiro atoms. The summed E-state index contributed by atoms with van der Waals surface area (Å²) in [5.74, 6) is 0.863. The molecule has 0 bridgehead atoms. The average molecular weight is 336 g/mol. The summed E-state index contributed by atoms with van der Waals surface area (Å²) in [5, 5.41) is 8.17. The Balaban J connectivity index is 1.61. The minimum atomic E-state index is -0.609. The van der Waals surface area contributed by atoms with E-state index in [9.17, 15) is 0 Å². The van der Waals surface area contributed by atoms with E-state index in [0.717, 1.165) is 34.3 Å². The summed E-state index contributed by atoms with van der Waals surface area (Å²) >= 11 is 0. The van der Waals surface area contributed by atoms with E-state index in [1.807, 2.05) is 12.3 Å². The fraction of sp³-hybridized carbons (Fsp3) is 0.0870. The first kappa shape index (κ1) is 13.9. The molecule has 4 aromatic carbocycles. The zero-order valence-corrected chi connectivity index (χ0v) is 14.1. The van der Waals surface area contributed by atoms with Crippen molar-refractivity contribution in [2.75, 3.05) is 5.32 Å². The maximum Gasteiger partial charge on any atom is 0.221 e. The molecule has 2 aliphatic heterocycles. The van der Waals surface area contributed by atoms with E-state index in [0.29, 0.717) is 0 Å². The SMILES string of the molecule is C1=Nc2c(c3ccccc3c3ccccc23)OC12Cc1ccccc1N2. The molecule has 26 heavy (non-hydrogen) atoms. The summed E-state index contributed by atoms with van der Waals surface area (Å²) in [6.07, 6.45) is 2.70. The second-order valence-corrected chi connectivity index (χ2v) is 6.98. The Kier molecular flexibility index (Phi) is 2.60. The smallest absolute Gasteiger partial charge is 0.221 e. The van der Waals surface area contributed by atoms with Gasteiger partial charge < -0.3 is 10.1 Å². The van der Waals surface area contributed by atoms with Crippen molar-refractivity contribution in [2.45, 2.75) is 12.1 Å². The van der Waals surface area contributed by atoms with E-state index in [1.54, 1.807) is 0 Å². The Morgan fingerprint density at radius 3 is 2.23 bits per heavy atom. The van der Waals surface area contributed by atoms with Crippen LogP contribution in [0.4, 0.5) is 11.4 Å². The molecule has 2 aliphatic rings. The van der Waals surface area contributed by atoms with E-state index < -0.39 is 5.72 Å². The van der Waals surface area contributed by atoms with Crippen LogP contribution in [0.3, 0.4) is 0 Å². The molecule has 4 aromatic rings. The number of nitrogens with zero attached hydrogens (tertiary/aromatic N) is 1. The number of rotatable bonds is 0. The number of para-hydroxylation sites is 1. The summed E-state index contributed by atoms with van der Waals surface area (Å²) in [4.78, 5) is 4.88. The van der Waals surface area contributed by atoms with E-state index in [2.05, 4.69) is 72.0 Å². The van der Waals surface area contributed by atoms with Gasteiger partial charge in [-0.15, -0.1) is 0 Å². The first-order chi connectivity index (χ1) is 12.8. The van der Waals surface area contributed by atoms with Gasteiger partial charge in [0.15, 0.2) is 5.75 Å². The van der Waals surface area contributed by atoms with Crippen molar-refractivity contribution in [1.29, 1.82) is 0 Å². The fourth-order valence-electron chi connectivity index (χ4n) is 4.19. The maximum atomic E-state index is 6.62. The fourth-order valence-corrected chi connectivity index (χ4v) is 4.19. The molecule has 0 saturated carbocycles. The molecule has 124 valence electrons. The number of hydrogen-bond donors (Lipinski definition) is 1. The zero-order valence-electron chi connectivity index (χ0n) is 14.1. The molecule has 1 atom stereocenters. The highest BCUT2D eigenvalue weighted by Gasteiger charge is 2.40. The number of anilines is 1. The number of ether oxygens (including phenoxy) is 1. The molecular formula is C23H16N2O. The van der Waals surface area contributed by atoms with Gasteiger partial charge in [0.1, 0.15) is 5.69 Å². The van der Waals surface area contributed by atoms with Crippen molar-refractivity contribution in [3.63, 3.8) is 0 Å². The van der Waals surface area contributed by atoms with Gasteiger partial charge in [-0.1, -0.05) is 66.7 Å². The minimum Gasteiger partial charge on any atom is -0.460 e. The van der Waals surface area contributed by atoms with Crippen molar-refractivity contribution in [3.8, 4) is 5.75 Å². The highest BCUT2D eigenvalue weighted by atomic mass is 16.5. The summed E-state index contributed by atoms with van der Waals surface area (Å²) in [7, 11) is 0. The zero-order chi connectivity index (χ0) is 17.1. The van der Waals surface area contributed by atoms with Crippen molar-refractivity contribution < 1.29 is 4.74 Å². The third-order valence-electron chi connectivity index (χ3n) is 5.36. The van der Waals surface area contributed by atoms with Crippen LogP contribution >= 0.6 is 0 Å². The Labute approximate surface area is 150 Å². The number of hydrogen-bond acceptors (Lipinski definition) is 3. The van der Waals surface area contributed by atoms with Crippen LogP contribution in [-0.2, 0) is 6.42 Å². The van der Waals surface area contributed by atoms with Crippen LogP contribution in [0.1, 0.15) is 5.56 Å². The molecule has 2 heterocycles. The van der Waals surface area contributed by atoms with Crippen LogP contribution in [0.2, 0.25) is 0 Å². The highest BCUT2D eigenvalue weighted by Crippen LogP contribution is 2.48. The third-order valence-corrected chi connectivity index (χ3v) is 5.36. The van der Waals surface area contributed by atoms with Crippen molar-refractivity contribution >= 4 is 39.1 Å². The molecule has 3 nitrogen and oxygen atoms in total. The molecular weight excluding hydrogens is 320 g/mol. The molecule has 3 heteroatoms. The standard InChI is InChI=1S/C23H16N2O/c1-6-12-20-15(7-1)13-23(25-20)14-24-21-18-10-4-2-8-16(18)17-9-3-5-11-19(17)22(21)26-23/h1-12,14,25H,13H2. The summed E-state index contributed by atoms with van der Waals surface area (Å²) < 4.78 is 6.62. The first-order valence-electron chi connectivity index (χ1n) is 8.87. The summed E-state index contributed by atoms with van der Waals surface area (Å²) in [6, 6.07) is 25.2. The molecule has 0 saturated heterocycles. The van der Waals surface area contributed by atoms with Gasteiger partial charge in [-0.2, -0.15) is 0 Å². The predicted molar refractivity (Wildman–Crippen MR) is 107 cm³/mol. The van der Waals surface area contributed by atoms with Crippen LogP contribution < -0.4 is 10.1 Å². The van der Waals surface area contributed by atoms with E-state index in [4.69, 9.17) is 9.73 Å². The van der Waals surface area contributed by atoms with Crippen molar-refractivity contribution in [2.24, 2.45) is 4.99 Å². The quantitative estimate of drug-likeness (QED) is 0.433. The second kappa shape index (κ2) is 4.85. The second-order valence-electron chi connectivity index (χ2n) is 6.98. The maximum absolute atomic E-state index is 6.62. The van der Waals surface area contributed by atoms with Crippen LogP contribution in [-0.4, -0.2) is 11.9 Å². The number of fused-ring (bicyclic) bond motifs is 7. The van der Waals surface area contributed by atoms with E-state index in [-0.39, 0.29) is 0 Å². The molecule has 0 aliphatic carbocycles. The van der Waals surface area contributed by atoms with Gasteiger partial charge in [-0.05, 0) is 22.4 Å².